The molecular weight excluding hydrogens is 393 g/mol. The Bertz CT molecular complexity index is 998. The van der Waals surface area contributed by atoms with Gasteiger partial charge in [-0.05, 0) is 44.2 Å². The molecule has 1 N–H and O–H groups in total. The van der Waals surface area contributed by atoms with E-state index >= 15 is 0 Å². The minimum absolute atomic E-state index is 0.316. The summed E-state index contributed by atoms with van der Waals surface area (Å²) < 4.78 is 21.2. The van der Waals surface area contributed by atoms with Gasteiger partial charge in [0, 0.05) is 25.7 Å². The Labute approximate surface area is 183 Å². The number of hydrogen-bond acceptors (Lipinski definition) is 4. The van der Waals surface area contributed by atoms with Crippen LogP contribution in [0, 0.1) is 5.82 Å². The second-order valence-corrected chi connectivity index (χ2v) is 7.95. The quantitative estimate of drug-likeness (QED) is 0.457. The molecule has 0 spiro atoms. The summed E-state index contributed by atoms with van der Waals surface area (Å²) in [6, 6.07) is 15.9. The molecule has 1 atom stereocenters. The van der Waals surface area contributed by atoms with Gasteiger partial charge in [-0.25, -0.2) is 9.07 Å². The van der Waals surface area contributed by atoms with Gasteiger partial charge in [0.15, 0.2) is 0 Å². The smallest absolute Gasteiger partial charge is 0.222 e. The highest BCUT2D eigenvalue weighted by atomic mass is 19.1. The lowest BCUT2D eigenvalue weighted by Gasteiger charge is -2.29. The first-order valence-electron chi connectivity index (χ1n) is 10.5. The third kappa shape index (κ3) is 5.81. The van der Waals surface area contributed by atoms with E-state index in [1.54, 1.807) is 29.8 Å². The van der Waals surface area contributed by atoms with Crippen molar-refractivity contribution in [3.05, 3.63) is 78.6 Å². The molecule has 0 bridgehead atoms. The number of nitrogens with zero attached hydrogens (tertiary/aromatic N) is 3. The summed E-state index contributed by atoms with van der Waals surface area (Å²) in [6.45, 7) is 9.37. The van der Waals surface area contributed by atoms with Crippen LogP contribution in [0.1, 0.15) is 25.8 Å². The van der Waals surface area contributed by atoms with Crippen LogP contribution in [0.5, 0.6) is 11.6 Å². The van der Waals surface area contributed by atoms with Crippen molar-refractivity contribution in [3.63, 3.8) is 0 Å². The van der Waals surface area contributed by atoms with Gasteiger partial charge in [0.1, 0.15) is 17.3 Å². The van der Waals surface area contributed by atoms with Gasteiger partial charge >= 0.3 is 0 Å². The average Bonchev–Trinajstić information content (AvgIpc) is 3.05. The highest BCUT2D eigenvalue weighted by Crippen LogP contribution is 2.34. The van der Waals surface area contributed by atoms with Gasteiger partial charge in [-0.3, -0.25) is 4.90 Å². The monoisotopic (exact) mass is 423 g/mol. The zero-order valence-corrected chi connectivity index (χ0v) is 18.4. The molecule has 0 aliphatic heterocycles. The number of aryl methyl sites for hydroxylation is 1. The van der Waals surface area contributed by atoms with Crippen LogP contribution in [-0.2, 0) is 13.6 Å². The lowest BCUT2D eigenvalue weighted by Crippen LogP contribution is -2.39. The molecule has 5 nitrogen and oxygen atoms in total. The number of benzene rings is 2. The van der Waals surface area contributed by atoms with Crippen molar-refractivity contribution >= 4 is 0 Å². The molecule has 3 rings (SSSR count). The van der Waals surface area contributed by atoms with E-state index in [0.29, 0.717) is 24.7 Å². The molecule has 0 aliphatic carbocycles. The summed E-state index contributed by atoms with van der Waals surface area (Å²) in [6.07, 6.45) is 2.50. The fraction of sp³-hybridized carbons (Fsp3) is 0.320. The number of ether oxygens (including phenoxy) is 1. The molecule has 0 amide bonds. The molecule has 1 unspecified atom stereocenters. The predicted molar refractivity (Wildman–Crippen MR) is 122 cm³/mol. The number of rotatable bonds is 10. The van der Waals surface area contributed by atoms with E-state index in [9.17, 15) is 9.50 Å². The Morgan fingerprint density at radius 3 is 2.48 bits per heavy atom. The molecule has 3 aromatic rings. The Hall–Kier alpha value is -2.96. The molecule has 6 heteroatoms. The standard InChI is InChI=1S/C25H30FN3O2/c1-5-16-29(18-25(3,30)6-2)17-22-23(19-10-8-7-9-11-19)27-28(4)24(22)31-21-14-12-20(26)13-15-21/h6-15,30H,2,5,16-18H2,1,3-4H3. The zero-order valence-electron chi connectivity index (χ0n) is 18.4. The van der Waals surface area contributed by atoms with Crippen LogP contribution >= 0.6 is 0 Å². The molecule has 2 aromatic carbocycles. The largest absolute Gasteiger partial charge is 0.439 e. The van der Waals surface area contributed by atoms with E-state index in [2.05, 4.69) is 18.4 Å². The molecule has 0 saturated carbocycles. The fourth-order valence-electron chi connectivity index (χ4n) is 3.54. The number of aromatic nitrogens is 2. The molecular formula is C25H30FN3O2. The van der Waals surface area contributed by atoms with Gasteiger partial charge in [0.2, 0.25) is 5.88 Å². The van der Waals surface area contributed by atoms with Crippen LogP contribution in [0.3, 0.4) is 0 Å². The second kappa shape index (κ2) is 9.90. The average molecular weight is 424 g/mol. The topological polar surface area (TPSA) is 50.5 Å². The molecule has 1 heterocycles. The Morgan fingerprint density at radius 2 is 1.87 bits per heavy atom. The van der Waals surface area contributed by atoms with E-state index < -0.39 is 5.60 Å². The van der Waals surface area contributed by atoms with Crippen molar-refractivity contribution in [2.24, 2.45) is 7.05 Å². The van der Waals surface area contributed by atoms with Crippen LogP contribution in [0.2, 0.25) is 0 Å². The normalized spacial score (nSPS) is 13.2. The molecule has 164 valence electrons. The maximum absolute atomic E-state index is 13.3. The van der Waals surface area contributed by atoms with Gasteiger partial charge in [-0.15, -0.1) is 6.58 Å². The summed E-state index contributed by atoms with van der Waals surface area (Å²) in [5.74, 6) is 0.804. The van der Waals surface area contributed by atoms with Gasteiger partial charge in [0.05, 0.1) is 11.2 Å². The van der Waals surface area contributed by atoms with Crippen molar-refractivity contribution in [2.75, 3.05) is 13.1 Å². The molecule has 0 saturated heterocycles. The molecule has 0 radical (unpaired) electrons. The van der Waals surface area contributed by atoms with Crippen molar-refractivity contribution in [1.29, 1.82) is 0 Å². The van der Waals surface area contributed by atoms with Gasteiger partial charge < -0.3 is 9.84 Å². The van der Waals surface area contributed by atoms with Gasteiger partial charge in [-0.1, -0.05) is 43.3 Å². The maximum Gasteiger partial charge on any atom is 0.222 e. The van der Waals surface area contributed by atoms with E-state index in [-0.39, 0.29) is 5.82 Å². The summed E-state index contributed by atoms with van der Waals surface area (Å²) in [5.41, 5.74) is 1.70. The number of hydrogen-bond donors (Lipinski definition) is 1. The van der Waals surface area contributed by atoms with Crippen LogP contribution in [0.15, 0.2) is 67.3 Å². The Balaban J connectivity index is 2.03. The van der Waals surface area contributed by atoms with Crippen molar-refractivity contribution in [1.82, 2.24) is 14.7 Å². The summed E-state index contributed by atoms with van der Waals surface area (Å²) >= 11 is 0. The fourth-order valence-corrected chi connectivity index (χ4v) is 3.54. The van der Waals surface area contributed by atoms with Crippen molar-refractivity contribution in [3.8, 4) is 22.9 Å². The Morgan fingerprint density at radius 1 is 1.19 bits per heavy atom. The zero-order chi connectivity index (χ0) is 22.4. The van der Waals surface area contributed by atoms with Crippen LogP contribution in [0.4, 0.5) is 4.39 Å². The predicted octanol–water partition coefficient (Wildman–Crippen LogP) is 5.17. The van der Waals surface area contributed by atoms with Crippen molar-refractivity contribution < 1.29 is 14.2 Å². The molecule has 0 aliphatic rings. The first kappa shape index (κ1) is 22.7. The third-order valence-electron chi connectivity index (χ3n) is 5.07. The van der Waals surface area contributed by atoms with E-state index in [1.807, 2.05) is 37.4 Å². The SMILES string of the molecule is C=CC(C)(O)CN(CCC)Cc1c(-c2ccccc2)nn(C)c1Oc1ccc(F)cc1. The lowest BCUT2D eigenvalue weighted by atomic mass is 10.0. The summed E-state index contributed by atoms with van der Waals surface area (Å²) in [7, 11) is 1.83. The molecule has 0 fully saturated rings. The highest BCUT2D eigenvalue weighted by molar-refractivity contribution is 5.65. The highest BCUT2D eigenvalue weighted by Gasteiger charge is 2.25. The third-order valence-corrected chi connectivity index (χ3v) is 5.07. The molecule has 31 heavy (non-hydrogen) atoms. The maximum atomic E-state index is 13.3. The number of aliphatic hydroxyl groups is 1. The minimum atomic E-state index is -1.01. The van der Waals surface area contributed by atoms with Crippen molar-refractivity contribution in [2.45, 2.75) is 32.4 Å². The Kier molecular flexibility index (Phi) is 7.25. The van der Waals surface area contributed by atoms with E-state index in [4.69, 9.17) is 9.84 Å². The van der Waals surface area contributed by atoms with Gasteiger partial charge in [0.25, 0.3) is 0 Å². The lowest BCUT2D eigenvalue weighted by molar-refractivity contribution is 0.0585. The van der Waals surface area contributed by atoms with Crippen LogP contribution < -0.4 is 4.74 Å². The van der Waals surface area contributed by atoms with Crippen LogP contribution in [0.25, 0.3) is 11.3 Å². The number of halogens is 1. The first-order chi connectivity index (χ1) is 14.8. The van der Waals surface area contributed by atoms with Gasteiger partial charge in [-0.2, -0.15) is 5.10 Å². The minimum Gasteiger partial charge on any atom is -0.439 e. The van der Waals surface area contributed by atoms with Crippen LogP contribution in [-0.4, -0.2) is 38.5 Å². The molecule has 1 aromatic heterocycles. The summed E-state index contributed by atoms with van der Waals surface area (Å²) in [5, 5.41) is 15.3. The van der Waals surface area contributed by atoms with E-state index in [0.717, 1.165) is 29.8 Å². The van der Waals surface area contributed by atoms with E-state index in [1.165, 1.54) is 12.1 Å². The summed E-state index contributed by atoms with van der Waals surface area (Å²) in [4.78, 5) is 2.17. The first-order valence-corrected chi connectivity index (χ1v) is 10.5. The second-order valence-electron chi connectivity index (χ2n) is 7.95.